The molecule has 0 saturated carbocycles. The second-order valence-electron chi connectivity index (χ2n) is 6.37. The van der Waals surface area contributed by atoms with Crippen LogP contribution in [0.3, 0.4) is 0 Å². The molecule has 1 heterocycles. The summed E-state index contributed by atoms with van der Waals surface area (Å²) in [4.78, 5) is 0. The lowest BCUT2D eigenvalue weighted by Crippen LogP contribution is -2.40. The molecule has 0 aliphatic carbocycles. The van der Waals surface area contributed by atoms with Crippen molar-refractivity contribution in [3.05, 3.63) is 23.8 Å². The first-order valence-electron chi connectivity index (χ1n) is 7.18. The normalized spacial score (nSPS) is 20.4. The molecule has 2 rings (SSSR count). The maximum atomic E-state index is 12.9. The van der Waals surface area contributed by atoms with Crippen molar-refractivity contribution in [1.82, 2.24) is 0 Å². The van der Waals surface area contributed by atoms with E-state index in [-0.39, 0.29) is 6.29 Å². The summed E-state index contributed by atoms with van der Waals surface area (Å²) in [5, 5.41) is 0.687. The van der Waals surface area contributed by atoms with Crippen LogP contribution in [-0.2, 0) is 10.9 Å². The van der Waals surface area contributed by atoms with Crippen molar-refractivity contribution in [1.29, 1.82) is 0 Å². The van der Waals surface area contributed by atoms with Crippen LogP contribution < -0.4 is 9.92 Å². The monoisotopic (exact) mass is 318 g/mol. The summed E-state index contributed by atoms with van der Waals surface area (Å²) in [5.41, 5.74) is -0.614. The van der Waals surface area contributed by atoms with Crippen molar-refractivity contribution in [2.24, 2.45) is 0 Å². The van der Waals surface area contributed by atoms with E-state index < -0.39 is 19.8 Å². The molecule has 1 aromatic rings. The fraction of sp³-hybridized carbons (Fsp3) is 0.600. The molecule has 0 radical (unpaired) electrons. The van der Waals surface area contributed by atoms with Gasteiger partial charge in [0.1, 0.15) is 5.75 Å². The van der Waals surface area contributed by atoms with Gasteiger partial charge in [-0.05, 0) is 36.2 Å². The molecule has 1 aromatic carbocycles. The Kier molecular flexibility index (Phi) is 4.68. The van der Waals surface area contributed by atoms with Crippen LogP contribution in [0.1, 0.15) is 24.8 Å². The van der Waals surface area contributed by atoms with Crippen LogP contribution in [0, 0.1) is 0 Å². The van der Waals surface area contributed by atoms with Gasteiger partial charge in [-0.2, -0.15) is 13.2 Å². The van der Waals surface area contributed by atoms with E-state index in [1.54, 1.807) is 0 Å². The average molecular weight is 318 g/mol. The molecule has 1 saturated heterocycles. The lowest BCUT2D eigenvalue weighted by atomic mass is 10.2. The van der Waals surface area contributed by atoms with Crippen molar-refractivity contribution in [2.45, 2.75) is 51.4 Å². The van der Waals surface area contributed by atoms with Gasteiger partial charge in [0, 0.05) is 6.42 Å². The number of alkyl halides is 3. The molecule has 1 fully saturated rings. The number of benzene rings is 1. The van der Waals surface area contributed by atoms with E-state index >= 15 is 0 Å². The topological polar surface area (TPSA) is 18.5 Å². The largest absolute Gasteiger partial charge is 0.465 e. The van der Waals surface area contributed by atoms with Crippen molar-refractivity contribution in [2.75, 3.05) is 6.61 Å². The van der Waals surface area contributed by atoms with Crippen LogP contribution in [0.4, 0.5) is 13.2 Å². The Morgan fingerprint density at radius 3 is 2.43 bits per heavy atom. The number of rotatable bonds is 3. The van der Waals surface area contributed by atoms with Gasteiger partial charge in [0.25, 0.3) is 0 Å². The van der Waals surface area contributed by atoms with Gasteiger partial charge in [0.2, 0.25) is 0 Å². The minimum atomic E-state index is -4.33. The predicted octanol–water partition coefficient (Wildman–Crippen LogP) is 4.16. The zero-order valence-corrected chi connectivity index (χ0v) is 13.6. The van der Waals surface area contributed by atoms with Crippen molar-refractivity contribution >= 4 is 13.3 Å². The second-order valence-corrected chi connectivity index (χ2v) is 11.4. The number of ether oxygens (including phenoxy) is 2. The first-order valence-corrected chi connectivity index (χ1v) is 10.7. The lowest BCUT2D eigenvalue weighted by molar-refractivity contribution is -0.137. The second kappa shape index (κ2) is 6.00. The highest BCUT2D eigenvalue weighted by Crippen LogP contribution is 2.31. The Bertz CT molecular complexity index is 489. The van der Waals surface area contributed by atoms with Crippen molar-refractivity contribution < 1.29 is 22.6 Å². The van der Waals surface area contributed by atoms with Gasteiger partial charge in [0.05, 0.1) is 20.2 Å². The third-order valence-electron chi connectivity index (χ3n) is 3.51. The smallest absolute Gasteiger partial charge is 0.416 e. The Balaban J connectivity index is 2.31. The van der Waals surface area contributed by atoms with E-state index in [0.717, 1.165) is 25.3 Å². The summed E-state index contributed by atoms with van der Waals surface area (Å²) in [6.45, 7) is 6.68. The Labute approximate surface area is 124 Å². The first-order chi connectivity index (χ1) is 9.68. The number of hydrogen-bond acceptors (Lipinski definition) is 2. The number of halogens is 3. The molecule has 2 nitrogen and oxygen atoms in total. The zero-order valence-electron chi connectivity index (χ0n) is 12.6. The molecular formula is C15H21F3O2Si. The van der Waals surface area contributed by atoms with E-state index in [2.05, 4.69) is 0 Å². The Hall–Kier alpha value is -1.01. The maximum Gasteiger partial charge on any atom is 0.416 e. The summed E-state index contributed by atoms with van der Waals surface area (Å²) in [5.74, 6) is 0.536. The van der Waals surface area contributed by atoms with Gasteiger partial charge in [-0.15, -0.1) is 0 Å². The highest BCUT2D eigenvalue weighted by Gasteiger charge is 2.33. The molecule has 0 bridgehead atoms. The third-order valence-corrected chi connectivity index (χ3v) is 5.52. The van der Waals surface area contributed by atoms with Gasteiger partial charge in [-0.3, -0.25) is 0 Å². The summed E-state index contributed by atoms with van der Waals surface area (Å²) in [6.07, 6.45) is -1.85. The van der Waals surface area contributed by atoms with E-state index in [9.17, 15) is 13.2 Å². The fourth-order valence-corrected chi connectivity index (χ4v) is 3.81. The van der Waals surface area contributed by atoms with Crippen LogP contribution in [0.2, 0.25) is 19.6 Å². The van der Waals surface area contributed by atoms with Gasteiger partial charge < -0.3 is 9.47 Å². The molecule has 1 aliphatic rings. The molecule has 6 heteroatoms. The molecule has 1 aliphatic heterocycles. The third kappa shape index (κ3) is 4.23. The van der Waals surface area contributed by atoms with E-state index in [0.29, 0.717) is 17.5 Å². The van der Waals surface area contributed by atoms with Gasteiger partial charge in [-0.1, -0.05) is 19.6 Å². The molecule has 0 spiro atoms. The Morgan fingerprint density at radius 2 is 1.90 bits per heavy atom. The first kappa shape index (κ1) is 16.4. The van der Waals surface area contributed by atoms with E-state index in [4.69, 9.17) is 9.47 Å². The molecule has 0 amide bonds. The van der Waals surface area contributed by atoms with Crippen LogP contribution in [0.15, 0.2) is 18.2 Å². The standard InChI is InChI=1S/C15H21F3O2Si/c1-21(2,3)13-10-11(15(16,17)18)7-8-12(13)20-14-6-4-5-9-19-14/h7-8,10,14H,4-6,9H2,1-3H3. The molecule has 0 N–H and O–H groups in total. The molecule has 21 heavy (non-hydrogen) atoms. The lowest BCUT2D eigenvalue weighted by Gasteiger charge is -2.28. The maximum absolute atomic E-state index is 12.9. The van der Waals surface area contributed by atoms with Gasteiger partial charge in [0.15, 0.2) is 6.29 Å². The van der Waals surface area contributed by atoms with E-state index in [1.165, 1.54) is 12.1 Å². The minimum absolute atomic E-state index is 0.342. The van der Waals surface area contributed by atoms with Crippen molar-refractivity contribution in [3.63, 3.8) is 0 Å². The minimum Gasteiger partial charge on any atom is -0.465 e. The van der Waals surface area contributed by atoms with Crippen molar-refractivity contribution in [3.8, 4) is 5.75 Å². The zero-order chi connectivity index (χ0) is 15.7. The fourth-order valence-electron chi connectivity index (χ4n) is 2.34. The summed E-state index contributed by atoms with van der Waals surface area (Å²) >= 11 is 0. The SMILES string of the molecule is C[Si](C)(C)c1cc(C(F)(F)F)ccc1OC1CCCCO1. The van der Waals surface area contributed by atoms with Crippen LogP contribution in [-0.4, -0.2) is 21.0 Å². The highest BCUT2D eigenvalue weighted by atomic mass is 28.3. The summed E-state index contributed by atoms with van der Waals surface area (Å²) < 4.78 is 50.0. The quantitative estimate of drug-likeness (QED) is 0.779. The van der Waals surface area contributed by atoms with Gasteiger partial charge >= 0.3 is 6.18 Å². The average Bonchev–Trinajstić information content (AvgIpc) is 2.38. The van der Waals surface area contributed by atoms with E-state index in [1.807, 2.05) is 19.6 Å². The molecule has 118 valence electrons. The van der Waals surface area contributed by atoms with Crippen LogP contribution >= 0.6 is 0 Å². The molecule has 0 aromatic heterocycles. The number of hydrogen-bond donors (Lipinski definition) is 0. The molecule has 1 unspecified atom stereocenters. The van der Waals surface area contributed by atoms with Gasteiger partial charge in [-0.25, -0.2) is 0 Å². The predicted molar refractivity (Wildman–Crippen MR) is 78.6 cm³/mol. The molecule has 1 atom stereocenters. The summed E-state index contributed by atoms with van der Waals surface area (Å²) in [6, 6.07) is 3.76. The van der Waals surface area contributed by atoms with Crippen LogP contribution in [0.5, 0.6) is 5.75 Å². The van der Waals surface area contributed by atoms with Crippen LogP contribution in [0.25, 0.3) is 0 Å². The molecular weight excluding hydrogens is 297 g/mol. The summed E-state index contributed by atoms with van der Waals surface area (Å²) in [7, 11) is -1.95. The Morgan fingerprint density at radius 1 is 1.19 bits per heavy atom. The highest BCUT2D eigenvalue weighted by molar-refractivity contribution is 6.89.